The van der Waals surface area contributed by atoms with Crippen molar-refractivity contribution in [2.45, 2.75) is 40.0 Å². The predicted molar refractivity (Wildman–Crippen MR) is 47.1 cm³/mol. The molecule has 2 heteroatoms. The largest absolute Gasteiger partial charge is 0.356 e. The summed E-state index contributed by atoms with van der Waals surface area (Å²) in [4.78, 5) is 11.1. The Balaban J connectivity index is 3.46. The van der Waals surface area contributed by atoms with Gasteiger partial charge in [0.15, 0.2) is 0 Å². The maximum atomic E-state index is 11.1. The van der Waals surface area contributed by atoms with Gasteiger partial charge in [-0.2, -0.15) is 0 Å². The van der Waals surface area contributed by atoms with Crippen LogP contribution >= 0.6 is 0 Å². The number of carbonyl (C=O) groups excluding carboxylic acids is 1. The second-order valence-electron chi connectivity index (χ2n) is 2.74. The monoisotopic (exact) mass is 156 g/mol. The van der Waals surface area contributed by atoms with Crippen molar-refractivity contribution in [1.82, 2.24) is 5.32 Å². The second kappa shape index (κ2) is 6.20. The number of rotatable bonds is 5. The normalized spacial score (nSPS) is 10.2. The molecule has 1 N–H and O–H groups in total. The Morgan fingerprint density at radius 1 is 1.36 bits per heavy atom. The van der Waals surface area contributed by atoms with Crippen molar-refractivity contribution in [3.63, 3.8) is 0 Å². The zero-order chi connectivity index (χ0) is 8.69. The zero-order valence-corrected chi connectivity index (χ0v) is 7.74. The van der Waals surface area contributed by atoms with Gasteiger partial charge in [-0.05, 0) is 20.3 Å². The molecular weight excluding hydrogens is 138 g/mol. The molecule has 0 heterocycles. The molecule has 0 fully saturated rings. The van der Waals surface area contributed by atoms with Gasteiger partial charge in [0, 0.05) is 6.54 Å². The lowest BCUT2D eigenvalue weighted by Crippen LogP contribution is -2.27. The molecule has 0 aliphatic carbocycles. The summed E-state index contributed by atoms with van der Waals surface area (Å²) in [6.45, 7) is 6.69. The molecule has 0 aliphatic rings. The van der Waals surface area contributed by atoms with Crippen molar-refractivity contribution in [1.29, 1.82) is 0 Å². The van der Waals surface area contributed by atoms with Crippen LogP contribution < -0.4 is 5.32 Å². The van der Waals surface area contributed by atoms with Gasteiger partial charge in [-0.15, -0.1) is 0 Å². The average Bonchev–Trinajstić information content (AvgIpc) is 2.00. The summed E-state index contributed by atoms with van der Waals surface area (Å²) in [7, 11) is 0. The van der Waals surface area contributed by atoms with Crippen molar-refractivity contribution in [2.24, 2.45) is 0 Å². The number of carbonyl (C=O) groups is 1. The average molecular weight is 156 g/mol. The zero-order valence-electron chi connectivity index (χ0n) is 7.74. The van der Waals surface area contributed by atoms with Crippen molar-refractivity contribution in [3.05, 3.63) is 5.92 Å². The third-order valence-corrected chi connectivity index (χ3v) is 1.63. The van der Waals surface area contributed by atoms with Crippen molar-refractivity contribution in [2.75, 3.05) is 6.54 Å². The Hall–Kier alpha value is -0.530. The van der Waals surface area contributed by atoms with E-state index in [-0.39, 0.29) is 5.91 Å². The third-order valence-electron chi connectivity index (χ3n) is 1.63. The first kappa shape index (κ1) is 10.5. The van der Waals surface area contributed by atoms with E-state index in [1.165, 1.54) is 0 Å². The fourth-order valence-corrected chi connectivity index (χ4v) is 0.867. The van der Waals surface area contributed by atoms with Gasteiger partial charge in [0.2, 0.25) is 5.91 Å². The Kier molecular flexibility index (Phi) is 5.90. The second-order valence-corrected chi connectivity index (χ2v) is 2.74. The molecule has 0 aromatic heterocycles. The topological polar surface area (TPSA) is 29.1 Å². The minimum Gasteiger partial charge on any atom is -0.356 e. The van der Waals surface area contributed by atoms with Gasteiger partial charge in [0.1, 0.15) is 0 Å². The van der Waals surface area contributed by atoms with E-state index in [9.17, 15) is 4.79 Å². The van der Waals surface area contributed by atoms with Gasteiger partial charge >= 0.3 is 0 Å². The molecule has 0 unspecified atom stereocenters. The number of hydrogen-bond acceptors (Lipinski definition) is 1. The van der Waals surface area contributed by atoms with Crippen LogP contribution in [-0.4, -0.2) is 12.5 Å². The Morgan fingerprint density at radius 2 is 2.00 bits per heavy atom. The smallest absolute Gasteiger partial charge is 0.227 e. The van der Waals surface area contributed by atoms with Crippen LogP contribution in [0.15, 0.2) is 0 Å². The van der Waals surface area contributed by atoms with Crippen molar-refractivity contribution < 1.29 is 4.79 Å². The van der Waals surface area contributed by atoms with Crippen LogP contribution in [0.4, 0.5) is 0 Å². The van der Waals surface area contributed by atoms with Gasteiger partial charge in [-0.25, -0.2) is 0 Å². The summed E-state index contributed by atoms with van der Waals surface area (Å²) in [5, 5.41) is 2.78. The molecule has 0 aromatic carbocycles. The first-order valence-electron chi connectivity index (χ1n) is 4.33. The quantitative estimate of drug-likeness (QED) is 0.647. The van der Waals surface area contributed by atoms with Gasteiger partial charge in [-0.1, -0.05) is 19.8 Å². The Bertz CT molecular complexity index is 112. The highest BCUT2D eigenvalue weighted by Crippen LogP contribution is 2.09. The molecule has 0 saturated heterocycles. The summed E-state index contributed by atoms with van der Waals surface area (Å²) in [5.74, 6) is 1.06. The minimum atomic E-state index is 0.112. The fraction of sp³-hybridized carbons (Fsp3) is 0.778. The highest BCUT2D eigenvalue weighted by atomic mass is 16.1. The Labute approximate surface area is 69.4 Å². The van der Waals surface area contributed by atoms with Gasteiger partial charge in [-0.3, -0.25) is 4.79 Å². The highest BCUT2D eigenvalue weighted by Gasteiger charge is 2.10. The van der Waals surface area contributed by atoms with Crippen molar-refractivity contribution >= 4 is 5.91 Å². The molecule has 1 amide bonds. The number of hydrogen-bond donors (Lipinski definition) is 1. The van der Waals surface area contributed by atoms with Crippen LogP contribution in [-0.2, 0) is 4.79 Å². The van der Waals surface area contributed by atoms with Gasteiger partial charge < -0.3 is 5.32 Å². The fourth-order valence-electron chi connectivity index (χ4n) is 0.867. The van der Waals surface area contributed by atoms with E-state index >= 15 is 0 Å². The molecule has 0 saturated carbocycles. The van der Waals surface area contributed by atoms with Crippen LogP contribution in [0.1, 0.15) is 40.0 Å². The third kappa shape index (κ3) is 4.82. The summed E-state index contributed by atoms with van der Waals surface area (Å²) in [6.07, 6.45) is 3.20. The molecule has 0 spiro atoms. The van der Waals surface area contributed by atoms with E-state index in [0.717, 1.165) is 31.7 Å². The molecule has 0 bridgehead atoms. The molecule has 0 aromatic rings. The van der Waals surface area contributed by atoms with E-state index in [4.69, 9.17) is 0 Å². The van der Waals surface area contributed by atoms with E-state index < -0.39 is 0 Å². The van der Waals surface area contributed by atoms with Gasteiger partial charge in [0.05, 0.1) is 5.92 Å². The van der Waals surface area contributed by atoms with Crippen LogP contribution in [0.25, 0.3) is 0 Å². The lowest BCUT2D eigenvalue weighted by molar-refractivity contribution is -0.119. The molecule has 11 heavy (non-hydrogen) atoms. The summed E-state index contributed by atoms with van der Waals surface area (Å²) in [5.41, 5.74) is 0. The van der Waals surface area contributed by atoms with Crippen LogP contribution in [0.3, 0.4) is 0 Å². The van der Waals surface area contributed by atoms with Gasteiger partial charge in [0.25, 0.3) is 0 Å². The first-order chi connectivity index (χ1) is 5.22. The summed E-state index contributed by atoms with van der Waals surface area (Å²) >= 11 is 0. The number of nitrogens with one attached hydrogen (secondary N) is 1. The lowest BCUT2D eigenvalue weighted by atomic mass is 10.0. The maximum Gasteiger partial charge on any atom is 0.227 e. The van der Waals surface area contributed by atoms with Crippen molar-refractivity contribution in [3.8, 4) is 0 Å². The number of unbranched alkanes of at least 4 members (excludes halogenated alkanes) is 1. The van der Waals surface area contributed by atoms with E-state index in [1.54, 1.807) is 0 Å². The lowest BCUT2D eigenvalue weighted by Gasteiger charge is -2.08. The maximum absolute atomic E-state index is 11.1. The predicted octanol–water partition coefficient (Wildman–Crippen LogP) is 1.91. The molecule has 0 aliphatic heterocycles. The molecular formula is C9H18NO. The van der Waals surface area contributed by atoms with E-state index in [2.05, 4.69) is 12.2 Å². The number of amides is 1. The SMILES string of the molecule is CCCC[C](C)C(=O)NCC. The highest BCUT2D eigenvalue weighted by molar-refractivity contribution is 5.89. The summed E-state index contributed by atoms with van der Waals surface area (Å²) in [6, 6.07) is 0. The minimum absolute atomic E-state index is 0.112. The molecule has 0 rings (SSSR count). The van der Waals surface area contributed by atoms with Crippen LogP contribution in [0, 0.1) is 5.92 Å². The van der Waals surface area contributed by atoms with Crippen LogP contribution in [0.2, 0.25) is 0 Å². The molecule has 65 valence electrons. The Morgan fingerprint density at radius 3 is 2.45 bits per heavy atom. The first-order valence-corrected chi connectivity index (χ1v) is 4.33. The standard InChI is InChI=1S/C9H18NO/c1-4-6-7-8(3)9(11)10-5-2/h4-7H2,1-3H3,(H,10,11). The molecule has 1 radical (unpaired) electrons. The van der Waals surface area contributed by atoms with E-state index in [0.29, 0.717) is 0 Å². The molecule has 0 atom stereocenters. The van der Waals surface area contributed by atoms with E-state index in [1.807, 2.05) is 13.8 Å². The van der Waals surface area contributed by atoms with Crippen LogP contribution in [0.5, 0.6) is 0 Å². The summed E-state index contributed by atoms with van der Waals surface area (Å²) < 4.78 is 0. The molecule has 2 nitrogen and oxygen atoms in total.